The monoisotopic (exact) mass is 174 g/mol. The van der Waals surface area contributed by atoms with Crippen LogP contribution in [0.2, 0.25) is 0 Å². The second kappa shape index (κ2) is 6.24. The third-order valence-electron chi connectivity index (χ3n) is 1.31. The number of benzene rings is 1. The maximum absolute atomic E-state index is 3.66. The van der Waals surface area contributed by atoms with E-state index < -0.39 is 0 Å². The fraction of sp³-hybridized carbons (Fsp3) is 0.231. The Morgan fingerprint density at radius 1 is 1.15 bits per heavy atom. The molecule has 0 aliphatic heterocycles. The summed E-state index contributed by atoms with van der Waals surface area (Å²) < 4.78 is 0. The van der Waals surface area contributed by atoms with E-state index in [4.69, 9.17) is 0 Å². The average Bonchev–Trinajstić information content (AvgIpc) is 2.05. The van der Waals surface area contributed by atoms with Crippen LogP contribution in [0.4, 0.5) is 0 Å². The average molecular weight is 174 g/mol. The highest BCUT2D eigenvalue weighted by Crippen LogP contribution is 2.02. The van der Waals surface area contributed by atoms with Crippen LogP contribution in [0.5, 0.6) is 0 Å². The number of rotatable bonds is 1. The first kappa shape index (κ1) is 11.7. The van der Waals surface area contributed by atoms with E-state index in [-0.39, 0.29) is 0 Å². The maximum Gasteiger partial charge on any atom is -0.0262 e. The Morgan fingerprint density at radius 3 is 1.85 bits per heavy atom. The van der Waals surface area contributed by atoms with Crippen LogP contribution in [0.3, 0.4) is 0 Å². The Balaban J connectivity index is 0.000000310. The van der Waals surface area contributed by atoms with Crippen LogP contribution in [-0.2, 0) is 0 Å². The van der Waals surface area contributed by atoms with E-state index in [1.54, 1.807) is 0 Å². The van der Waals surface area contributed by atoms with Crippen molar-refractivity contribution in [3.8, 4) is 0 Å². The Hall–Kier alpha value is -1.30. The minimum absolute atomic E-state index is 1.17. The van der Waals surface area contributed by atoms with Gasteiger partial charge in [-0.05, 0) is 26.3 Å². The second-order valence-corrected chi connectivity index (χ2v) is 3.32. The summed E-state index contributed by atoms with van der Waals surface area (Å²) in [5.41, 5.74) is 3.64. The molecule has 0 unspecified atom stereocenters. The third kappa shape index (κ3) is 7.07. The van der Waals surface area contributed by atoms with Crippen molar-refractivity contribution in [3.63, 3.8) is 0 Å². The highest BCUT2D eigenvalue weighted by molar-refractivity contribution is 5.46. The van der Waals surface area contributed by atoms with E-state index in [2.05, 4.69) is 44.3 Å². The molecule has 1 aromatic rings. The van der Waals surface area contributed by atoms with Crippen LogP contribution in [-0.4, -0.2) is 0 Å². The van der Waals surface area contributed by atoms with Crippen molar-refractivity contribution in [3.05, 3.63) is 54.1 Å². The van der Waals surface area contributed by atoms with Crippen LogP contribution < -0.4 is 0 Å². The Labute approximate surface area is 81.6 Å². The molecule has 1 aromatic carbocycles. The largest absolute Gasteiger partial charge is 0.100 e. The van der Waals surface area contributed by atoms with Gasteiger partial charge >= 0.3 is 0 Å². The van der Waals surface area contributed by atoms with Gasteiger partial charge in [-0.15, -0.1) is 6.58 Å². The van der Waals surface area contributed by atoms with Crippen molar-refractivity contribution in [2.75, 3.05) is 0 Å². The van der Waals surface area contributed by atoms with Gasteiger partial charge < -0.3 is 0 Å². The maximum atomic E-state index is 3.66. The van der Waals surface area contributed by atoms with Gasteiger partial charge in [0.2, 0.25) is 0 Å². The molecule has 0 atom stereocenters. The lowest BCUT2D eigenvalue weighted by Gasteiger charge is -1.91. The minimum atomic E-state index is 1.17. The first-order valence-electron chi connectivity index (χ1n) is 4.37. The lowest BCUT2D eigenvalue weighted by molar-refractivity contribution is 1.42. The molecule has 0 saturated heterocycles. The first-order valence-corrected chi connectivity index (χ1v) is 4.37. The molecular weight excluding hydrogens is 156 g/mol. The summed E-state index contributed by atoms with van der Waals surface area (Å²) in [6, 6.07) is 8.28. The molecule has 0 amide bonds. The highest BCUT2D eigenvalue weighted by Gasteiger charge is 1.82. The standard InChI is InChI=1S/C9H10.C4H8/c1-3-9-6-4-8(2)5-7-9;1-4(2)3/h3-7H,1H2,2H3;1H2,2-3H3. The molecule has 0 heterocycles. The summed E-state index contributed by atoms with van der Waals surface area (Å²) in [4.78, 5) is 0. The van der Waals surface area contributed by atoms with E-state index >= 15 is 0 Å². The van der Waals surface area contributed by atoms with Crippen LogP contribution in [0.15, 0.2) is 43.0 Å². The van der Waals surface area contributed by atoms with Crippen LogP contribution in [0, 0.1) is 6.92 Å². The molecule has 0 saturated carbocycles. The molecule has 0 aliphatic rings. The summed E-state index contributed by atoms with van der Waals surface area (Å²) in [6.45, 7) is 13.2. The molecule has 13 heavy (non-hydrogen) atoms. The zero-order valence-electron chi connectivity index (χ0n) is 8.80. The van der Waals surface area contributed by atoms with E-state index in [9.17, 15) is 0 Å². The van der Waals surface area contributed by atoms with Gasteiger partial charge in [0.05, 0.1) is 0 Å². The topological polar surface area (TPSA) is 0 Å². The van der Waals surface area contributed by atoms with Gasteiger partial charge in [0.15, 0.2) is 0 Å². The minimum Gasteiger partial charge on any atom is -0.100 e. The van der Waals surface area contributed by atoms with Crippen LogP contribution in [0.1, 0.15) is 25.0 Å². The van der Waals surface area contributed by atoms with Crippen molar-refractivity contribution in [2.45, 2.75) is 20.8 Å². The molecular formula is C13H18. The van der Waals surface area contributed by atoms with Crippen molar-refractivity contribution in [1.82, 2.24) is 0 Å². The van der Waals surface area contributed by atoms with Crippen LogP contribution in [0.25, 0.3) is 6.08 Å². The predicted molar refractivity (Wildman–Crippen MR) is 61.8 cm³/mol. The van der Waals surface area contributed by atoms with E-state index in [0.717, 1.165) is 0 Å². The Bertz CT molecular complexity index is 261. The molecule has 0 spiro atoms. The van der Waals surface area contributed by atoms with E-state index in [1.807, 2.05) is 19.9 Å². The molecule has 0 aromatic heterocycles. The number of allylic oxidation sites excluding steroid dienone is 1. The summed E-state index contributed by atoms with van der Waals surface area (Å²) >= 11 is 0. The fourth-order valence-corrected chi connectivity index (χ4v) is 0.703. The van der Waals surface area contributed by atoms with E-state index in [1.165, 1.54) is 16.7 Å². The van der Waals surface area contributed by atoms with Gasteiger partial charge in [0.1, 0.15) is 0 Å². The zero-order chi connectivity index (χ0) is 10.3. The zero-order valence-corrected chi connectivity index (χ0v) is 8.80. The summed E-state index contributed by atoms with van der Waals surface area (Å²) in [7, 11) is 0. The summed E-state index contributed by atoms with van der Waals surface area (Å²) in [5.74, 6) is 0. The second-order valence-electron chi connectivity index (χ2n) is 3.32. The number of aryl methyl sites for hydroxylation is 1. The van der Waals surface area contributed by atoms with Gasteiger partial charge in [0.25, 0.3) is 0 Å². The molecule has 0 nitrogen and oxygen atoms in total. The molecule has 1 rings (SSSR count). The van der Waals surface area contributed by atoms with Crippen molar-refractivity contribution in [1.29, 1.82) is 0 Å². The number of hydrogen-bond acceptors (Lipinski definition) is 0. The normalized spacial score (nSPS) is 8.23. The Morgan fingerprint density at radius 2 is 1.54 bits per heavy atom. The molecule has 0 heteroatoms. The Kier molecular flexibility index (Phi) is 5.62. The lowest BCUT2D eigenvalue weighted by atomic mass is 10.2. The summed E-state index contributed by atoms with van der Waals surface area (Å²) in [6.07, 6.45) is 1.85. The fourth-order valence-electron chi connectivity index (χ4n) is 0.703. The smallest absolute Gasteiger partial charge is 0.0262 e. The van der Waals surface area contributed by atoms with Crippen molar-refractivity contribution < 1.29 is 0 Å². The molecule has 70 valence electrons. The van der Waals surface area contributed by atoms with Gasteiger partial charge in [-0.25, -0.2) is 0 Å². The third-order valence-corrected chi connectivity index (χ3v) is 1.31. The van der Waals surface area contributed by atoms with Gasteiger partial charge in [-0.2, -0.15) is 0 Å². The molecule has 0 radical (unpaired) electrons. The van der Waals surface area contributed by atoms with Crippen LogP contribution >= 0.6 is 0 Å². The molecule has 0 fully saturated rings. The SMILES string of the molecule is C=C(C)C.C=Cc1ccc(C)cc1. The van der Waals surface area contributed by atoms with Gasteiger partial charge in [-0.1, -0.05) is 48.1 Å². The molecule has 0 bridgehead atoms. The lowest BCUT2D eigenvalue weighted by Crippen LogP contribution is -1.71. The molecule has 0 aliphatic carbocycles. The van der Waals surface area contributed by atoms with E-state index in [0.29, 0.717) is 0 Å². The first-order chi connectivity index (χ1) is 6.06. The highest BCUT2D eigenvalue weighted by atomic mass is 13.9. The molecule has 0 N–H and O–H groups in total. The predicted octanol–water partition coefficient (Wildman–Crippen LogP) is 4.22. The number of hydrogen-bond donors (Lipinski definition) is 0. The van der Waals surface area contributed by atoms with Crippen molar-refractivity contribution >= 4 is 6.08 Å². The van der Waals surface area contributed by atoms with Gasteiger partial charge in [0, 0.05) is 0 Å². The summed E-state index contributed by atoms with van der Waals surface area (Å²) in [5, 5.41) is 0. The van der Waals surface area contributed by atoms with Gasteiger partial charge in [-0.3, -0.25) is 0 Å². The van der Waals surface area contributed by atoms with Crippen molar-refractivity contribution in [2.24, 2.45) is 0 Å². The quantitative estimate of drug-likeness (QED) is 0.559.